The molecule has 0 spiro atoms. The summed E-state index contributed by atoms with van der Waals surface area (Å²) in [6.45, 7) is 1.88. The van der Waals surface area contributed by atoms with Crippen molar-refractivity contribution >= 4 is 21.5 Å². The smallest absolute Gasteiger partial charge is 0.261 e. The normalized spacial score (nSPS) is 11.2. The van der Waals surface area contributed by atoms with Crippen molar-refractivity contribution in [2.45, 2.75) is 11.8 Å². The Kier molecular flexibility index (Phi) is 4.22. The molecule has 0 fully saturated rings. The maximum absolute atomic E-state index is 12.5. The summed E-state index contributed by atoms with van der Waals surface area (Å²) < 4.78 is 32.6. The number of sulfonamides is 1. The van der Waals surface area contributed by atoms with Crippen LogP contribution in [0.3, 0.4) is 0 Å². The number of hydrogen-bond donors (Lipinski definition) is 1. The highest BCUT2D eigenvalue weighted by atomic mass is 32.2. The molecule has 0 aliphatic rings. The van der Waals surface area contributed by atoms with Gasteiger partial charge in [0.1, 0.15) is 0 Å². The van der Waals surface area contributed by atoms with Crippen LogP contribution in [0, 0.1) is 6.92 Å². The number of para-hydroxylation sites is 1. The molecule has 2 aromatic carbocycles. The van der Waals surface area contributed by atoms with Crippen molar-refractivity contribution in [3.63, 3.8) is 0 Å². The number of aryl methyl sites for hydroxylation is 1. The maximum Gasteiger partial charge on any atom is 0.261 e. The van der Waals surface area contributed by atoms with E-state index in [1.54, 1.807) is 42.5 Å². The van der Waals surface area contributed by atoms with Gasteiger partial charge in [0.25, 0.3) is 10.0 Å². The second kappa shape index (κ2) is 6.33. The third-order valence-electron chi connectivity index (χ3n) is 3.49. The van der Waals surface area contributed by atoms with Crippen LogP contribution in [-0.2, 0) is 10.0 Å². The Morgan fingerprint density at radius 2 is 1.67 bits per heavy atom. The zero-order valence-electron chi connectivity index (χ0n) is 12.9. The molecule has 0 saturated carbocycles. The summed E-state index contributed by atoms with van der Waals surface area (Å²) in [6, 6.07) is 16.0. The molecule has 1 aromatic heterocycles. The van der Waals surface area contributed by atoms with Gasteiger partial charge in [-0.05, 0) is 43.3 Å². The number of anilines is 1. The van der Waals surface area contributed by atoms with E-state index < -0.39 is 10.0 Å². The van der Waals surface area contributed by atoms with Crippen molar-refractivity contribution in [1.82, 2.24) is 0 Å². The lowest BCUT2D eigenvalue weighted by Gasteiger charge is -2.11. The van der Waals surface area contributed by atoms with E-state index >= 15 is 0 Å². The fourth-order valence-corrected chi connectivity index (χ4v) is 3.31. The summed E-state index contributed by atoms with van der Waals surface area (Å²) in [5, 5.41) is 0. The van der Waals surface area contributed by atoms with Gasteiger partial charge in [-0.15, -0.1) is 0 Å². The standard InChI is InChI=1S/C18H15NO4S/c1-13-8-10-14(11-9-13)24(21,22)19-16-6-3-2-5-15(16)18(20)17-7-4-12-23-17/h2-12,19H,1H3. The molecule has 6 heteroatoms. The molecule has 3 rings (SSSR count). The minimum Gasteiger partial charge on any atom is -0.461 e. The molecule has 0 bridgehead atoms. The van der Waals surface area contributed by atoms with E-state index in [1.807, 2.05) is 6.92 Å². The molecule has 0 amide bonds. The van der Waals surface area contributed by atoms with Crippen LogP contribution in [0.1, 0.15) is 21.7 Å². The summed E-state index contributed by atoms with van der Waals surface area (Å²) >= 11 is 0. The fraction of sp³-hybridized carbons (Fsp3) is 0.0556. The summed E-state index contributed by atoms with van der Waals surface area (Å²) in [5.74, 6) is -0.237. The summed E-state index contributed by atoms with van der Waals surface area (Å²) in [4.78, 5) is 12.6. The van der Waals surface area contributed by atoms with Gasteiger partial charge in [-0.1, -0.05) is 29.8 Å². The second-order valence-corrected chi connectivity index (χ2v) is 6.95. The molecule has 24 heavy (non-hydrogen) atoms. The molecule has 0 atom stereocenters. The number of furan rings is 1. The fourth-order valence-electron chi connectivity index (χ4n) is 2.23. The molecular weight excluding hydrogens is 326 g/mol. The highest BCUT2D eigenvalue weighted by molar-refractivity contribution is 7.92. The predicted octanol–water partition coefficient (Wildman–Crippen LogP) is 3.62. The van der Waals surface area contributed by atoms with Gasteiger partial charge in [0, 0.05) is 5.56 Å². The zero-order chi connectivity index (χ0) is 17.2. The third kappa shape index (κ3) is 3.23. The lowest BCUT2D eigenvalue weighted by molar-refractivity contribution is 0.101. The van der Waals surface area contributed by atoms with Crippen LogP contribution in [0.5, 0.6) is 0 Å². The first-order valence-electron chi connectivity index (χ1n) is 7.24. The number of hydrogen-bond acceptors (Lipinski definition) is 4. The Balaban J connectivity index is 1.96. The van der Waals surface area contributed by atoms with E-state index in [0.717, 1.165) is 5.56 Å². The van der Waals surface area contributed by atoms with Crippen LogP contribution >= 0.6 is 0 Å². The van der Waals surface area contributed by atoms with Gasteiger partial charge in [-0.25, -0.2) is 8.42 Å². The average molecular weight is 341 g/mol. The first-order chi connectivity index (χ1) is 11.5. The maximum atomic E-state index is 12.5. The zero-order valence-corrected chi connectivity index (χ0v) is 13.7. The Bertz CT molecular complexity index is 959. The van der Waals surface area contributed by atoms with Crippen molar-refractivity contribution in [3.05, 3.63) is 83.8 Å². The molecule has 3 aromatic rings. The Hall–Kier alpha value is -2.86. The van der Waals surface area contributed by atoms with Gasteiger partial charge in [0.15, 0.2) is 5.76 Å². The van der Waals surface area contributed by atoms with Gasteiger partial charge >= 0.3 is 0 Å². The molecule has 1 N–H and O–H groups in total. The van der Waals surface area contributed by atoms with E-state index in [0.29, 0.717) is 0 Å². The van der Waals surface area contributed by atoms with Gasteiger partial charge in [0.05, 0.1) is 16.8 Å². The number of nitrogens with one attached hydrogen (secondary N) is 1. The number of ketones is 1. The minimum absolute atomic E-state index is 0.133. The Morgan fingerprint density at radius 3 is 2.33 bits per heavy atom. The first-order valence-corrected chi connectivity index (χ1v) is 8.72. The van der Waals surface area contributed by atoms with Crippen LogP contribution in [-0.4, -0.2) is 14.2 Å². The van der Waals surface area contributed by atoms with Crippen molar-refractivity contribution in [3.8, 4) is 0 Å². The van der Waals surface area contributed by atoms with Gasteiger partial charge < -0.3 is 4.42 Å². The highest BCUT2D eigenvalue weighted by Gasteiger charge is 2.20. The molecule has 1 heterocycles. The largest absolute Gasteiger partial charge is 0.461 e. The van der Waals surface area contributed by atoms with Gasteiger partial charge in [0.2, 0.25) is 5.78 Å². The quantitative estimate of drug-likeness (QED) is 0.719. The monoisotopic (exact) mass is 341 g/mol. The number of carbonyl (C=O) groups excluding carboxylic acids is 1. The van der Waals surface area contributed by atoms with E-state index in [9.17, 15) is 13.2 Å². The van der Waals surface area contributed by atoms with Crippen LogP contribution in [0.25, 0.3) is 0 Å². The van der Waals surface area contributed by atoms with Crippen LogP contribution < -0.4 is 4.72 Å². The molecular formula is C18H15NO4S. The summed E-state index contributed by atoms with van der Waals surface area (Å²) in [7, 11) is -3.79. The SMILES string of the molecule is Cc1ccc(S(=O)(=O)Nc2ccccc2C(=O)c2ccco2)cc1. The van der Waals surface area contributed by atoms with Gasteiger partial charge in [-0.3, -0.25) is 9.52 Å². The molecule has 122 valence electrons. The highest BCUT2D eigenvalue weighted by Crippen LogP contribution is 2.23. The Morgan fingerprint density at radius 1 is 0.958 bits per heavy atom. The molecule has 0 aliphatic carbocycles. The van der Waals surface area contributed by atoms with E-state index in [-0.39, 0.29) is 27.7 Å². The number of rotatable bonds is 5. The molecule has 5 nitrogen and oxygen atoms in total. The van der Waals surface area contributed by atoms with Crippen LogP contribution in [0.4, 0.5) is 5.69 Å². The third-order valence-corrected chi connectivity index (χ3v) is 4.87. The van der Waals surface area contributed by atoms with Crippen molar-refractivity contribution in [2.24, 2.45) is 0 Å². The van der Waals surface area contributed by atoms with Crippen LogP contribution in [0.2, 0.25) is 0 Å². The second-order valence-electron chi connectivity index (χ2n) is 5.27. The lowest BCUT2D eigenvalue weighted by atomic mass is 10.1. The predicted molar refractivity (Wildman–Crippen MR) is 90.6 cm³/mol. The van der Waals surface area contributed by atoms with Crippen LogP contribution in [0.15, 0.2) is 76.2 Å². The summed E-state index contributed by atoms with van der Waals surface area (Å²) in [5.41, 5.74) is 1.39. The molecule has 0 radical (unpaired) electrons. The van der Waals surface area contributed by atoms with E-state index in [4.69, 9.17) is 4.42 Å². The van der Waals surface area contributed by atoms with E-state index in [2.05, 4.69) is 4.72 Å². The number of carbonyl (C=O) groups is 1. The first kappa shape index (κ1) is 16.0. The molecule has 0 aliphatic heterocycles. The van der Waals surface area contributed by atoms with Gasteiger partial charge in [-0.2, -0.15) is 0 Å². The van der Waals surface area contributed by atoms with Crippen molar-refractivity contribution in [2.75, 3.05) is 4.72 Å². The summed E-state index contributed by atoms with van der Waals surface area (Å²) in [6.07, 6.45) is 1.40. The van der Waals surface area contributed by atoms with Crippen molar-refractivity contribution in [1.29, 1.82) is 0 Å². The minimum atomic E-state index is -3.79. The molecule has 0 unspecified atom stereocenters. The Labute approximate surface area is 140 Å². The average Bonchev–Trinajstić information content (AvgIpc) is 3.09. The lowest BCUT2D eigenvalue weighted by Crippen LogP contribution is -2.15. The number of benzene rings is 2. The topological polar surface area (TPSA) is 76.4 Å². The van der Waals surface area contributed by atoms with E-state index in [1.165, 1.54) is 24.5 Å². The van der Waals surface area contributed by atoms with Crippen molar-refractivity contribution < 1.29 is 17.6 Å². The molecule has 0 saturated heterocycles.